The quantitative estimate of drug-likeness (QED) is 0.883. The van der Waals surface area contributed by atoms with Crippen LogP contribution in [0.1, 0.15) is 42.4 Å². The van der Waals surface area contributed by atoms with Crippen LogP contribution in [-0.2, 0) is 0 Å². The molecule has 2 aromatic heterocycles. The number of aromatic nitrogens is 1. The predicted molar refractivity (Wildman–Crippen MR) is 65.5 cm³/mol. The standard InChI is InChI=1S/C12H16N2OS/c1-8-7-16-12(13-8)10(3)14-9(2)11-5-4-6-15-11/h4-7,9-10,14H,1-3H3. The lowest BCUT2D eigenvalue weighted by Crippen LogP contribution is -2.22. The van der Waals surface area contributed by atoms with E-state index in [4.69, 9.17) is 4.42 Å². The summed E-state index contributed by atoms with van der Waals surface area (Å²) in [6, 6.07) is 4.34. The van der Waals surface area contributed by atoms with Crippen molar-refractivity contribution in [3.8, 4) is 0 Å². The molecule has 0 saturated carbocycles. The molecular weight excluding hydrogens is 220 g/mol. The molecule has 2 atom stereocenters. The summed E-state index contributed by atoms with van der Waals surface area (Å²) in [5.41, 5.74) is 1.08. The second-order valence-corrected chi connectivity index (χ2v) is 4.84. The molecule has 1 N–H and O–H groups in total. The first kappa shape index (κ1) is 11.4. The first-order valence-electron chi connectivity index (χ1n) is 5.38. The van der Waals surface area contributed by atoms with Crippen LogP contribution in [0.3, 0.4) is 0 Å². The van der Waals surface area contributed by atoms with Crippen molar-refractivity contribution in [2.45, 2.75) is 32.9 Å². The number of nitrogens with zero attached hydrogens (tertiary/aromatic N) is 1. The Morgan fingerprint density at radius 2 is 2.19 bits per heavy atom. The van der Waals surface area contributed by atoms with Gasteiger partial charge in [-0.2, -0.15) is 0 Å². The Balaban J connectivity index is 2.00. The van der Waals surface area contributed by atoms with E-state index in [2.05, 4.69) is 29.5 Å². The van der Waals surface area contributed by atoms with Gasteiger partial charge in [-0.15, -0.1) is 11.3 Å². The summed E-state index contributed by atoms with van der Waals surface area (Å²) in [4.78, 5) is 4.47. The first-order chi connectivity index (χ1) is 7.66. The van der Waals surface area contributed by atoms with Crippen molar-refractivity contribution in [3.05, 3.63) is 40.2 Å². The highest BCUT2D eigenvalue weighted by atomic mass is 32.1. The van der Waals surface area contributed by atoms with Crippen molar-refractivity contribution in [2.75, 3.05) is 0 Å². The summed E-state index contributed by atoms with van der Waals surface area (Å²) < 4.78 is 5.36. The van der Waals surface area contributed by atoms with E-state index < -0.39 is 0 Å². The fraction of sp³-hybridized carbons (Fsp3) is 0.417. The predicted octanol–water partition coefficient (Wildman–Crippen LogP) is 3.46. The fourth-order valence-electron chi connectivity index (χ4n) is 1.64. The van der Waals surface area contributed by atoms with E-state index in [-0.39, 0.29) is 12.1 Å². The molecular formula is C12H16N2OS. The van der Waals surface area contributed by atoms with Crippen LogP contribution in [0.2, 0.25) is 0 Å². The third-order valence-corrected chi connectivity index (χ3v) is 3.62. The molecule has 0 spiro atoms. The van der Waals surface area contributed by atoms with E-state index in [1.807, 2.05) is 19.1 Å². The van der Waals surface area contributed by atoms with Gasteiger partial charge in [0, 0.05) is 11.1 Å². The molecule has 2 heterocycles. The minimum atomic E-state index is 0.203. The number of thiazole rings is 1. The highest BCUT2D eigenvalue weighted by molar-refractivity contribution is 7.09. The molecule has 2 aromatic rings. The summed E-state index contributed by atoms with van der Waals surface area (Å²) in [6.07, 6.45) is 1.70. The number of rotatable bonds is 4. The van der Waals surface area contributed by atoms with E-state index in [0.29, 0.717) is 0 Å². The van der Waals surface area contributed by atoms with Crippen molar-refractivity contribution < 1.29 is 4.42 Å². The van der Waals surface area contributed by atoms with E-state index in [1.165, 1.54) is 0 Å². The molecule has 86 valence electrons. The first-order valence-corrected chi connectivity index (χ1v) is 6.26. The van der Waals surface area contributed by atoms with Gasteiger partial charge in [0.05, 0.1) is 18.3 Å². The molecule has 3 nitrogen and oxygen atoms in total. The second kappa shape index (κ2) is 4.80. The van der Waals surface area contributed by atoms with E-state index in [0.717, 1.165) is 16.5 Å². The zero-order valence-corrected chi connectivity index (χ0v) is 10.5. The maximum atomic E-state index is 5.36. The van der Waals surface area contributed by atoms with Crippen LogP contribution >= 0.6 is 11.3 Å². The third kappa shape index (κ3) is 2.51. The smallest absolute Gasteiger partial charge is 0.120 e. The minimum absolute atomic E-state index is 0.203. The van der Waals surface area contributed by atoms with Gasteiger partial charge in [-0.25, -0.2) is 4.98 Å². The van der Waals surface area contributed by atoms with Gasteiger partial charge in [0.25, 0.3) is 0 Å². The van der Waals surface area contributed by atoms with Gasteiger partial charge in [0.15, 0.2) is 0 Å². The van der Waals surface area contributed by atoms with Crippen LogP contribution in [0.25, 0.3) is 0 Å². The van der Waals surface area contributed by atoms with Gasteiger partial charge in [0.1, 0.15) is 10.8 Å². The maximum absolute atomic E-state index is 5.36. The molecule has 0 aliphatic heterocycles. The largest absolute Gasteiger partial charge is 0.468 e. The Morgan fingerprint density at radius 1 is 1.38 bits per heavy atom. The minimum Gasteiger partial charge on any atom is -0.468 e. The number of furan rings is 1. The number of nitrogens with one attached hydrogen (secondary N) is 1. The maximum Gasteiger partial charge on any atom is 0.120 e. The van der Waals surface area contributed by atoms with E-state index in [9.17, 15) is 0 Å². The van der Waals surface area contributed by atoms with Crippen molar-refractivity contribution in [2.24, 2.45) is 0 Å². The molecule has 4 heteroatoms. The van der Waals surface area contributed by atoms with Crippen molar-refractivity contribution in [1.82, 2.24) is 10.3 Å². The number of aryl methyl sites for hydroxylation is 1. The lowest BCUT2D eigenvalue weighted by molar-refractivity contribution is 0.402. The monoisotopic (exact) mass is 236 g/mol. The van der Waals surface area contributed by atoms with Crippen LogP contribution in [0.4, 0.5) is 0 Å². The zero-order valence-electron chi connectivity index (χ0n) is 9.73. The van der Waals surface area contributed by atoms with Crippen LogP contribution in [-0.4, -0.2) is 4.98 Å². The van der Waals surface area contributed by atoms with Crippen LogP contribution in [0.5, 0.6) is 0 Å². The number of hydrogen-bond donors (Lipinski definition) is 1. The SMILES string of the molecule is Cc1csc(C(C)NC(C)c2ccco2)n1. The molecule has 0 amide bonds. The molecule has 0 fully saturated rings. The lowest BCUT2D eigenvalue weighted by atomic mass is 10.2. The van der Waals surface area contributed by atoms with E-state index in [1.54, 1.807) is 17.6 Å². The Hall–Kier alpha value is -1.13. The average Bonchev–Trinajstić information content (AvgIpc) is 2.87. The summed E-state index contributed by atoms with van der Waals surface area (Å²) in [5.74, 6) is 0.958. The van der Waals surface area contributed by atoms with Gasteiger partial charge < -0.3 is 4.42 Å². The highest BCUT2D eigenvalue weighted by Gasteiger charge is 2.14. The van der Waals surface area contributed by atoms with Gasteiger partial charge in [-0.05, 0) is 32.9 Å². The Kier molecular flexibility index (Phi) is 3.41. The number of hydrogen-bond acceptors (Lipinski definition) is 4. The van der Waals surface area contributed by atoms with Gasteiger partial charge in [-0.1, -0.05) is 0 Å². The average molecular weight is 236 g/mol. The Morgan fingerprint density at radius 3 is 2.75 bits per heavy atom. The summed E-state index contributed by atoms with van der Waals surface area (Å²) in [7, 11) is 0. The third-order valence-electron chi connectivity index (χ3n) is 2.48. The molecule has 0 aromatic carbocycles. The van der Waals surface area contributed by atoms with Gasteiger partial charge in [-0.3, -0.25) is 5.32 Å². The summed E-state index contributed by atoms with van der Waals surface area (Å²) in [5, 5.41) is 6.66. The molecule has 0 aliphatic rings. The van der Waals surface area contributed by atoms with Crippen molar-refractivity contribution >= 4 is 11.3 Å². The normalized spacial score (nSPS) is 14.9. The fourth-order valence-corrected chi connectivity index (χ4v) is 2.45. The second-order valence-electron chi connectivity index (χ2n) is 3.95. The molecule has 0 saturated heterocycles. The molecule has 2 rings (SSSR count). The van der Waals surface area contributed by atoms with Crippen molar-refractivity contribution in [3.63, 3.8) is 0 Å². The molecule has 2 unspecified atom stereocenters. The topological polar surface area (TPSA) is 38.1 Å². The molecule has 0 aliphatic carbocycles. The van der Waals surface area contributed by atoms with Crippen LogP contribution in [0.15, 0.2) is 28.2 Å². The summed E-state index contributed by atoms with van der Waals surface area (Å²) in [6.45, 7) is 6.23. The van der Waals surface area contributed by atoms with Crippen molar-refractivity contribution in [1.29, 1.82) is 0 Å². The van der Waals surface area contributed by atoms with Crippen LogP contribution in [0, 0.1) is 6.92 Å². The molecule has 16 heavy (non-hydrogen) atoms. The van der Waals surface area contributed by atoms with Gasteiger partial charge >= 0.3 is 0 Å². The Bertz CT molecular complexity index is 436. The lowest BCUT2D eigenvalue weighted by Gasteiger charge is -2.16. The van der Waals surface area contributed by atoms with Gasteiger partial charge in [0.2, 0.25) is 0 Å². The molecule has 0 bridgehead atoms. The van der Waals surface area contributed by atoms with Crippen LogP contribution < -0.4 is 5.32 Å². The Labute approximate surface area is 99.5 Å². The van der Waals surface area contributed by atoms with E-state index >= 15 is 0 Å². The summed E-state index contributed by atoms with van der Waals surface area (Å²) >= 11 is 1.69. The zero-order chi connectivity index (χ0) is 11.5. The highest BCUT2D eigenvalue weighted by Crippen LogP contribution is 2.22. The molecule has 0 radical (unpaired) electrons.